The minimum atomic E-state index is -1.10. The van der Waals surface area contributed by atoms with Crippen molar-refractivity contribution in [1.29, 1.82) is 0 Å². The van der Waals surface area contributed by atoms with Crippen LogP contribution >= 0.6 is 0 Å². The largest absolute Gasteiger partial charge is 0.545 e. The fourth-order valence-electron chi connectivity index (χ4n) is 4.26. The molecule has 4 heteroatoms. The van der Waals surface area contributed by atoms with Crippen LogP contribution in [0.25, 0.3) is 0 Å². The molecule has 132 valence electrons. The molecule has 4 nitrogen and oxygen atoms in total. The molecule has 0 aromatic heterocycles. The summed E-state index contributed by atoms with van der Waals surface area (Å²) in [5.74, 6) is -0.101. The zero-order valence-corrected chi connectivity index (χ0v) is 14.6. The van der Waals surface area contributed by atoms with Gasteiger partial charge in [0, 0.05) is 5.69 Å². The van der Waals surface area contributed by atoms with Crippen LogP contribution in [-0.4, -0.2) is 38.7 Å². The lowest BCUT2D eigenvalue weighted by Gasteiger charge is -2.34. The first-order valence-electron chi connectivity index (χ1n) is 9.62. The molecule has 1 heterocycles. The molecule has 0 amide bonds. The van der Waals surface area contributed by atoms with Gasteiger partial charge in [-0.2, -0.15) is 0 Å². The molecular formula is C20H30N2O2. The number of piperazine rings is 1. The molecule has 2 fully saturated rings. The topological polar surface area (TPSA) is 47.8 Å². The number of aromatic carboxylic acids is 1. The molecule has 2 aliphatic rings. The summed E-state index contributed by atoms with van der Waals surface area (Å²) in [7, 11) is 0. The zero-order chi connectivity index (χ0) is 16.8. The minimum Gasteiger partial charge on any atom is -0.545 e. The van der Waals surface area contributed by atoms with Crippen molar-refractivity contribution in [1.82, 2.24) is 0 Å². The van der Waals surface area contributed by atoms with E-state index in [4.69, 9.17) is 0 Å². The standard InChI is InChI=1S/C20H30N2O2/c23-20(24)18-8-10-19(11-9-18)22-15-13-21(14-16-22)12-4-7-17-5-2-1-3-6-17/h8-11,17H,1-7,12-16H2,(H,23,24). The van der Waals surface area contributed by atoms with Gasteiger partial charge in [-0.05, 0) is 36.5 Å². The van der Waals surface area contributed by atoms with Crippen molar-refractivity contribution < 1.29 is 14.8 Å². The van der Waals surface area contributed by atoms with Crippen LogP contribution in [0.2, 0.25) is 0 Å². The molecular weight excluding hydrogens is 300 g/mol. The number of anilines is 1. The average Bonchev–Trinajstić information content (AvgIpc) is 2.63. The lowest BCUT2D eigenvalue weighted by Crippen LogP contribution is -3.14. The van der Waals surface area contributed by atoms with Gasteiger partial charge in [0.2, 0.25) is 0 Å². The minimum absolute atomic E-state index is 0.255. The fraction of sp³-hybridized carbons (Fsp3) is 0.650. The van der Waals surface area contributed by atoms with Gasteiger partial charge >= 0.3 is 0 Å². The van der Waals surface area contributed by atoms with Crippen LogP contribution in [0.4, 0.5) is 5.69 Å². The number of rotatable bonds is 6. The first kappa shape index (κ1) is 17.3. The number of quaternary nitrogens is 1. The van der Waals surface area contributed by atoms with E-state index in [0.717, 1.165) is 24.7 Å². The summed E-state index contributed by atoms with van der Waals surface area (Å²) in [6, 6.07) is 7.10. The van der Waals surface area contributed by atoms with E-state index in [1.54, 1.807) is 17.0 Å². The van der Waals surface area contributed by atoms with E-state index in [1.165, 1.54) is 64.6 Å². The zero-order valence-electron chi connectivity index (χ0n) is 14.6. The first-order valence-corrected chi connectivity index (χ1v) is 9.62. The Labute approximate surface area is 145 Å². The SMILES string of the molecule is O=C([O-])c1ccc(N2CC[NH+](CCCC3CCCCC3)CC2)cc1. The van der Waals surface area contributed by atoms with Crippen LogP contribution in [0.3, 0.4) is 0 Å². The average molecular weight is 330 g/mol. The Hall–Kier alpha value is -1.55. The normalized spacial score (nSPS) is 20.2. The predicted molar refractivity (Wildman–Crippen MR) is 94.4 cm³/mol. The number of benzene rings is 1. The predicted octanol–water partition coefficient (Wildman–Crippen LogP) is 1.12. The van der Waals surface area contributed by atoms with Crippen LogP contribution in [0.1, 0.15) is 55.3 Å². The Kier molecular flexibility index (Phi) is 6.13. The van der Waals surface area contributed by atoms with E-state index in [9.17, 15) is 9.90 Å². The highest BCUT2D eigenvalue weighted by Crippen LogP contribution is 2.26. The maximum Gasteiger partial charge on any atom is 0.0949 e. The summed E-state index contributed by atoms with van der Waals surface area (Å²) in [6.45, 7) is 5.81. The van der Waals surface area contributed by atoms with Gasteiger partial charge in [0.05, 0.1) is 38.7 Å². The van der Waals surface area contributed by atoms with Crippen LogP contribution < -0.4 is 14.9 Å². The summed E-state index contributed by atoms with van der Waals surface area (Å²) in [5.41, 5.74) is 1.38. The van der Waals surface area contributed by atoms with E-state index in [0.29, 0.717) is 0 Å². The van der Waals surface area contributed by atoms with Crippen molar-refractivity contribution in [3.8, 4) is 0 Å². The molecule has 0 bridgehead atoms. The van der Waals surface area contributed by atoms with Crippen LogP contribution in [-0.2, 0) is 0 Å². The van der Waals surface area contributed by atoms with Crippen LogP contribution in [0, 0.1) is 5.92 Å². The number of hydrogen-bond donors (Lipinski definition) is 1. The monoisotopic (exact) mass is 330 g/mol. The van der Waals surface area contributed by atoms with Crippen LogP contribution in [0.5, 0.6) is 0 Å². The first-order chi connectivity index (χ1) is 11.7. The molecule has 0 radical (unpaired) electrons. The third-order valence-corrected chi connectivity index (χ3v) is 5.81. The van der Waals surface area contributed by atoms with E-state index < -0.39 is 5.97 Å². The quantitative estimate of drug-likeness (QED) is 0.850. The molecule has 1 saturated heterocycles. The molecule has 24 heavy (non-hydrogen) atoms. The molecule has 0 spiro atoms. The van der Waals surface area contributed by atoms with Crippen molar-refractivity contribution in [2.45, 2.75) is 44.9 Å². The van der Waals surface area contributed by atoms with Gasteiger partial charge in [0.15, 0.2) is 0 Å². The second kappa shape index (κ2) is 8.52. The lowest BCUT2D eigenvalue weighted by molar-refractivity contribution is -0.900. The smallest absolute Gasteiger partial charge is 0.0949 e. The number of carbonyl (C=O) groups excluding carboxylic acids is 1. The molecule has 1 aliphatic carbocycles. The van der Waals surface area contributed by atoms with Crippen molar-refractivity contribution in [2.75, 3.05) is 37.6 Å². The molecule has 1 aromatic carbocycles. The lowest BCUT2D eigenvalue weighted by atomic mass is 9.86. The summed E-state index contributed by atoms with van der Waals surface area (Å²) in [5, 5.41) is 10.8. The molecule has 1 aliphatic heterocycles. The van der Waals surface area contributed by atoms with Gasteiger partial charge in [-0.15, -0.1) is 0 Å². The Morgan fingerprint density at radius 1 is 1.08 bits per heavy atom. The van der Waals surface area contributed by atoms with Gasteiger partial charge in [-0.25, -0.2) is 0 Å². The Morgan fingerprint density at radius 3 is 2.38 bits per heavy atom. The molecule has 1 aromatic rings. The van der Waals surface area contributed by atoms with Crippen LogP contribution in [0.15, 0.2) is 24.3 Å². The summed E-state index contributed by atoms with van der Waals surface area (Å²) >= 11 is 0. The Balaban J connectivity index is 1.38. The second-order valence-corrected chi connectivity index (χ2v) is 7.47. The molecule has 1 saturated carbocycles. The van der Waals surface area contributed by atoms with E-state index >= 15 is 0 Å². The highest BCUT2D eigenvalue weighted by molar-refractivity contribution is 5.86. The van der Waals surface area contributed by atoms with E-state index in [1.807, 2.05) is 12.1 Å². The van der Waals surface area contributed by atoms with Gasteiger partial charge in [-0.3, -0.25) is 0 Å². The Bertz CT molecular complexity index is 515. The Morgan fingerprint density at radius 2 is 1.75 bits per heavy atom. The third kappa shape index (κ3) is 4.73. The van der Waals surface area contributed by atoms with Gasteiger partial charge in [0.1, 0.15) is 0 Å². The van der Waals surface area contributed by atoms with Crippen molar-refractivity contribution in [2.24, 2.45) is 5.92 Å². The second-order valence-electron chi connectivity index (χ2n) is 7.47. The highest BCUT2D eigenvalue weighted by Gasteiger charge is 2.20. The summed E-state index contributed by atoms with van der Waals surface area (Å²) < 4.78 is 0. The molecule has 0 unspecified atom stereocenters. The number of nitrogens with one attached hydrogen (secondary N) is 1. The number of carbonyl (C=O) groups is 1. The highest BCUT2D eigenvalue weighted by atomic mass is 16.4. The third-order valence-electron chi connectivity index (χ3n) is 5.81. The molecule has 1 N–H and O–H groups in total. The fourth-order valence-corrected chi connectivity index (χ4v) is 4.26. The maximum absolute atomic E-state index is 10.8. The van der Waals surface area contributed by atoms with E-state index in [-0.39, 0.29) is 5.56 Å². The van der Waals surface area contributed by atoms with Crippen molar-refractivity contribution >= 4 is 11.7 Å². The number of carboxylic acid groups (broad SMARTS) is 1. The number of nitrogens with zero attached hydrogens (tertiary/aromatic N) is 1. The van der Waals surface area contributed by atoms with Crippen molar-refractivity contribution in [3.05, 3.63) is 29.8 Å². The van der Waals surface area contributed by atoms with E-state index in [2.05, 4.69) is 4.90 Å². The summed E-state index contributed by atoms with van der Waals surface area (Å²) in [4.78, 5) is 14.9. The summed E-state index contributed by atoms with van der Waals surface area (Å²) in [6.07, 6.45) is 10.1. The van der Waals surface area contributed by atoms with Gasteiger partial charge < -0.3 is 19.7 Å². The van der Waals surface area contributed by atoms with Gasteiger partial charge in [-0.1, -0.05) is 44.2 Å². The number of carboxylic acids is 1. The van der Waals surface area contributed by atoms with Gasteiger partial charge in [0.25, 0.3) is 0 Å². The molecule has 3 rings (SSSR count). The molecule has 0 atom stereocenters. The van der Waals surface area contributed by atoms with Crippen molar-refractivity contribution in [3.63, 3.8) is 0 Å². The maximum atomic E-state index is 10.8. The number of hydrogen-bond acceptors (Lipinski definition) is 3.